The van der Waals surface area contributed by atoms with Crippen molar-refractivity contribution in [2.75, 3.05) is 5.43 Å². The number of anilines is 1. The van der Waals surface area contributed by atoms with Crippen LogP contribution in [0.4, 0.5) is 18.9 Å². The molecule has 0 saturated carbocycles. The van der Waals surface area contributed by atoms with Crippen molar-refractivity contribution in [3.05, 3.63) is 77.6 Å². The summed E-state index contributed by atoms with van der Waals surface area (Å²) in [5.74, 6) is -0.512. The Hall–Kier alpha value is -3.55. The first kappa shape index (κ1) is 18.8. The van der Waals surface area contributed by atoms with Crippen LogP contribution >= 0.6 is 0 Å². The molecule has 0 saturated heterocycles. The summed E-state index contributed by atoms with van der Waals surface area (Å²) in [7, 11) is 0. The molecule has 1 aliphatic rings. The number of nitrogens with one attached hydrogen (secondary N) is 1. The number of carbonyl (C=O) groups is 1. The van der Waals surface area contributed by atoms with Crippen LogP contribution < -0.4 is 10.2 Å². The van der Waals surface area contributed by atoms with Gasteiger partial charge in [-0.1, -0.05) is 12.1 Å². The maximum absolute atomic E-state index is 12.8. The van der Waals surface area contributed by atoms with E-state index in [0.717, 1.165) is 22.3 Å². The van der Waals surface area contributed by atoms with Gasteiger partial charge in [-0.2, -0.15) is 0 Å². The first-order valence-electron chi connectivity index (χ1n) is 8.78. The summed E-state index contributed by atoms with van der Waals surface area (Å²) < 4.78 is 40.7. The van der Waals surface area contributed by atoms with E-state index in [1.54, 1.807) is 12.4 Å². The van der Waals surface area contributed by atoms with E-state index in [4.69, 9.17) is 0 Å². The van der Waals surface area contributed by atoms with Crippen molar-refractivity contribution >= 4 is 11.6 Å². The molecule has 8 heteroatoms. The number of rotatable bonds is 4. The minimum Gasteiger partial charge on any atom is -0.406 e. The molecule has 2 aromatic carbocycles. The Morgan fingerprint density at radius 3 is 2.52 bits per heavy atom. The number of nitrogens with zero attached hydrogens (tertiary/aromatic N) is 2. The minimum atomic E-state index is -4.75. The van der Waals surface area contributed by atoms with E-state index < -0.39 is 6.36 Å². The van der Waals surface area contributed by atoms with Crippen LogP contribution in [0.2, 0.25) is 0 Å². The fourth-order valence-corrected chi connectivity index (χ4v) is 3.35. The molecular weight excluding hydrogens is 383 g/mol. The molecule has 0 radical (unpaired) electrons. The Kier molecular flexibility index (Phi) is 4.62. The van der Waals surface area contributed by atoms with Gasteiger partial charge < -0.3 is 4.74 Å². The number of amides is 1. The van der Waals surface area contributed by atoms with Crippen molar-refractivity contribution in [1.82, 2.24) is 9.99 Å². The number of hydrazine groups is 1. The summed E-state index contributed by atoms with van der Waals surface area (Å²) in [6, 6.07) is 12.9. The van der Waals surface area contributed by atoms with Gasteiger partial charge in [-0.3, -0.25) is 15.2 Å². The monoisotopic (exact) mass is 399 g/mol. The molecule has 4 rings (SSSR count). The third-order valence-corrected chi connectivity index (χ3v) is 4.55. The smallest absolute Gasteiger partial charge is 0.406 e. The molecule has 2 heterocycles. The molecule has 1 aromatic heterocycles. The molecule has 5 nitrogen and oxygen atoms in total. The van der Waals surface area contributed by atoms with Gasteiger partial charge in [0.1, 0.15) is 5.75 Å². The van der Waals surface area contributed by atoms with E-state index in [1.807, 2.05) is 31.2 Å². The Labute approximate surface area is 164 Å². The van der Waals surface area contributed by atoms with Crippen LogP contribution in [0.5, 0.6) is 5.75 Å². The fraction of sp³-hybridized carbons (Fsp3) is 0.143. The van der Waals surface area contributed by atoms with Gasteiger partial charge in [0.2, 0.25) is 0 Å². The molecule has 0 fully saturated rings. The normalized spacial score (nSPS) is 13.4. The van der Waals surface area contributed by atoms with E-state index in [0.29, 0.717) is 17.8 Å². The molecule has 0 aliphatic carbocycles. The highest BCUT2D eigenvalue weighted by atomic mass is 19.4. The molecule has 148 valence electrons. The number of fused-ring (bicyclic) bond motifs is 1. The number of hydrogen-bond acceptors (Lipinski definition) is 4. The molecule has 1 aliphatic heterocycles. The molecule has 0 spiro atoms. The lowest BCUT2D eigenvalue weighted by Crippen LogP contribution is -2.30. The number of ether oxygens (including phenoxy) is 1. The molecule has 1 N–H and O–H groups in total. The van der Waals surface area contributed by atoms with Gasteiger partial charge in [0.25, 0.3) is 5.91 Å². The summed E-state index contributed by atoms with van der Waals surface area (Å²) >= 11 is 0. The van der Waals surface area contributed by atoms with Gasteiger partial charge in [-0.25, -0.2) is 5.01 Å². The highest BCUT2D eigenvalue weighted by molar-refractivity contribution is 6.01. The van der Waals surface area contributed by atoms with Crippen molar-refractivity contribution in [2.24, 2.45) is 0 Å². The van der Waals surface area contributed by atoms with Crippen LogP contribution in [-0.4, -0.2) is 22.3 Å². The highest BCUT2D eigenvalue weighted by Gasteiger charge is 2.32. The maximum atomic E-state index is 12.8. The molecule has 3 aromatic rings. The number of benzene rings is 2. The van der Waals surface area contributed by atoms with E-state index in [-0.39, 0.29) is 11.7 Å². The minimum absolute atomic E-state index is 0.189. The number of aromatic nitrogens is 1. The summed E-state index contributed by atoms with van der Waals surface area (Å²) in [5, 5.41) is 1.43. The van der Waals surface area contributed by atoms with Crippen molar-refractivity contribution in [2.45, 2.75) is 19.8 Å². The largest absolute Gasteiger partial charge is 0.573 e. The zero-order chi connectivity index (χ0) is 20.6. The lowest BCUT2D eigenvalue weighted by Gasteiger charge is -2.18. The Morgan fingerprint density at radius 2 is 1.86 bits per heavy atom. The Bertz CT molecular complexity index is 1050. The van der Waals surface area contributed by atoms with Crippen LogP contribution in [-0.2, 0) is 6.54 Å². The van der Waals surface area contributed by atoms with Gasteiger partial charge in [0, 0.05) is 23.5 Å². The van der Waals surface area contributed by atoms with Crippen LogP contribution in [0, 0.1) is 6.92 Å². The molecule has 29 heavy (non-hydrogen) atoms. The number of pyridine rings is 1. The van der Waals surface area contributed by atoms with Gasteiger partial charge in [0.15, 0.2) is 0 Å². The third-order valence-electron chi connectivity index (χ3n) is 4.55. The second-order valence-corrected chi connectivity index (χ2v) is 6.64. The zero-order valence-electron chi connectivity index (χ0n) is 15.3. The van der Waals surface area contributed by atoms with E-state index >= 15 is 0 Å². The SMILES string of the molecule is Cc1cc(-c2cccnc2)cc2c1C(=O)N(Nc1ccc(OC(F)(F)F)cc1)C2. The van der Waals surface area contributed by atoms with Gasteiger partial charge in [-0.15, -0.1) is 13.2 Å². The number of carbonyl (C=O) groups excluding carboxylic acids is 1. The first-order chi connectivity index (χ1) is 13.8. The van der Waals surface area contributed by atoms with Crippen LogP contribution in [0.15, 0.2) is 60.9 Å². The molecule has 0 bridgehead atoms. The van der Waals surface area contributed by atoms with Gasteiger partial charge in [0.05, 0.1) is 12.2 Å². The zero-order valence-corrected chi connectivity index (χ0v) is 15.3. The number of hydrogen-bond donors (Lipinski definition) is 1. The van der Waals surface area contributed by atoms with Crippen molar-refractivity contribution in [3.8, 4) is 16.9 Å². The molecule has 1 amide bonds. The van der Waals surface area contributed by atoms with Crippen molar-refractivity contribution < 1.29 is 22.7 Å². The third kappa shape index (κ3) is 4.01. The average Bonchev–Trinajstić information content (AvgIpc) is 2.99. The number of alkyl halides is 3. The number of halogens is 3. The van der Waals surface area contributed by atoms with E-state index in [2.05, 4.69) is 15.1 Å². The van der Waals surface area contributed by atoms with Crippen LogP contribution in [0.1, 0.15) is 21.5 Å². The van der Waals surface area contributed by atoms with E-state index in [1.165, 1.54) is 29.3 Å². The Morgan fingerprint density at radius 1 is 1.10 bits per heavy atom. The first-order valence-corrected chi connectivity index (χ1v) is 8.78. The number of aryl methyl sites for hydroxylation is 1. The second-order valence-electron chi connectivity index (χ2n) is 6.64. The maximum Gasteiger partial charge on any atom is 0.573 e. The van der Waals surface area contributed by atoms with Gasteiger partial charge >= 0.3 is 6.36 Å². The molecular formula is C21H16F3N3O2. The summed E-state index contributed by atoms with van der Waals surface area (Å²) in [5.41, 5.74) is 7.70. The standard InChI is InChI=1S/C21H16F3N3O2/c1-13-9-15(14-3-2-8-25-11-14)10-16-12-27(20(28)19(13)16)26-17-4-6-18(7-5-17)29-21(22,23)24/h2-11,26H,12H2,1H3. The second kappa shape index (κ2) is 7.12. The average molecular weight is 399 g/mol. The lowest BCUT2D eigenvalue weighted by molar-refractivity contribution is -0.274. The molecule has 0 unspecified atom stereocenters. The fourth-order valence-electron chi connectivity index (χ4n) is 3.35. The quantitative estimate of drug-likeness (QED) is 0.675. The summed E-state index contributed by atoms with van der Waals surface area (Å²) in [6.07, 6.45) is -1.28. The van der Waals surface area contributed by atoms with Crippen LogP contribution in [0.3, 0.4) is 0 Å². The predicted octanol–water partition coefficient (Wildman–Crippen LogP) is 4.94. The van der Waals surface area contributed by atoms with Crippen molar-refractivity contribution in [3.63, 3.8) is 0 Å². The highest BCUT2D eigenvalue weighted by Crippen LogP contribution is 2.32. The van der Waals surface area contributed by atoms with Gasteiger partial charge in [-0.05, 0) is 60.0 Å². The van der Waals surface area contributed by atoms with Crippen LogP contribution in [0.25, 0.3) is 11.1 Å². The Balaban J connectivity index is 1.53. The predicted molar refractivity (Wildman–Crippen MR) is 101 cm³/mol. The molecule has 0 atom stereocenters. The topological polar surface area (TPSA) is 54.5 Å². The van der Waals surface area contributed by atoms with Crippen molar-refractivity contribution in [1.29, 1.82) is 0 Å². The summed E-state index contributed by atoms with van der Waals surface area (Å²) in [6.45, 7) is 2.22. The summed E-state index contributed by atoms with van der Waals surface area (Å²) in [4.78, 5) is 16.9. The van der Waals surface area contributed by atoms with E-state index in [9.17, 15) is 18.0 Å². The lowest BCUT2D eigenvalue weighted by atomic mass is 9.97.